The van der Waals surface area contributed by atoms with Crippen LogP contribution in [0.15, 0.2) is 12.3 Å². The van der Waals surface area contributed by atoms with Crippen molar-refractivity contribution in [2.75, 3.05) is 51.8 Å². The number of ether oxygens (including phenoxy) is 1. The SMILES string of the molecule is CN(C)c1nccc(C2CCN(CC3(O)CCOCC3)CC2)n1. The molecule has 0 unspecified atom stereocenters. The summed E-state index contributed by atoms with van der Waals surface area (Å²) in [5.41, 5.74) is 0.589. The molecule has 6 heteroatoms. The van der Waals surface area contributed by atoms with Crippen molar-refractivity contribution in [1.82, 2.24) is 14.9 Å². The van der Waals surface area contributed by atoms with E-state index >= 15 is 0 Å². The fourth-order valence-corrected chi connectivity index (χ4v) is 3.52. The lowest BCUT2D eigenvalue weighted by molar-refractivity contribution is -0.0821. The Kier molecular flexibility index (Phi) is 5.14. The van der Waals surface area contributed by atoms with Gasteiger partial charge in [-0.1, -0.05) is 0 Å². The van der Waals surface area contributed by atoms with Crippen molar-refractivity contribution in [3.8, 4) is 0 Å². The Labute approximate surface area is 138 Å². The van der Waals surface area contributed by atoms with E-state index in [1.165, 1.54) is 0 Å². The second-order valence-electron chi connectivity index (χ2n) is 7.06. The van der Waals surface area contributed by atoms with Crippen LogP contribution in [-0.4, -0.2) is 72.5 Å². The Morgan fingerprint density at radius 2 is 2.00 bits per heavy atom. The molecular weight excluding hydrogens is 292 g/mol. The third kappa shape index (κ3) is 4.19. The van der Waals surface area contributed by atoms with Crippen molar-refractivity contribution in [2.45, 2.75) is 37.2 Å². The number of nitrogens with zero attached hydrogens (tertiary/aromatic N) is 4. The second kappa shape index (κ2) is 7.11. The van der Waals surface area contributed by atoms with Crippen LogP contribution in [0, 0.1) is 0 Å². The molecule has 3 rings (SSSR count). The molecule has 0 bridgehead atoms. The molecule has 3 heterocycles. The van der Waals surface area contributed by atoms with Gasteiger partial charge in [-0.15, -0.1) is 0 Å². The fraction of sp³-hybridized carbons (Fsp3) is 0.765. The number of likely N-dealkylation sites (tertiary alicyclic amines) is 1. The van der Waals surface area contributed by atoms with E-state index in [0.29, 0.717) is 19.1 Å². The summed E-state index contributed by atoms with van der Waals surface area (Å²) in [5, 5.41) is 10.7. The quantitative estimate of drug-likeness (QED) is 0.901. The predicted molar refractivity (Wildman–Crippen MR) is 89.8 cm³/mol. The van der Waals surface area contributed by atoms with Crippen molar-refractivity contribution in [2.24, 2.45) is 0 Å². The van der Waals surface area contributed by atoms with Crippen LogP contribution in [0.4, 0.5) is 5.95 Å². The highest BCUT2D eigenvalue weighted by Crippen LogP contribution is 2.29. The number of piperidine rings is 1. The topological polar surface area (TPSA) is 61.7 Å². The molecule has 2 saturated heterocycles. The third-order valence-corrected chi connectivity index (χ3v) is 5.01. The Hall–Kier alpha value is -1.24. The van der Waals surface area contributed by atoms with Crippen LogP contribution in [0.2, 0.25) is 0 Å². The first kappa shape index (κ1) is 16.6. The van der Waals surface area contributed by atoms with Crippen LogP contribution in [-0.2, 0) is 4.74 Å². The van der Waals surface area contributed by atoms with Crippen molar-refractivity contribution in [1.29, 1.82) is 0 Å². The van der Waals surface area contributed by atoms with Crippen LogP contribution in [0.25, 0.3) is 0 Å². The zero-order valence-corrected chi connectivity index (χ0v) is 14.2. The molecule has 0 aromatic carbocycles. The number of hydrogen-bond acceptors (Lipinski definition) is 6. The zero-order valence-electron chi connectivity index (χ0n) is 14.2. The van der Waals surface area contributed by atoms with Gasteiger partial charge >= 0.3 is 0 Å². The van der Waals surface area contributed by atoms with Crippen LogP contribution < -0.4 is 4.90 Å². The Morgan fingerprint density at radius 3 is 2.65 bits per heavy atom. The van der Waals surface area contributed by atoms with Gasteiger partial charge in [-0.25, -0.2) is 9.97 Å². The number of β-amino-alcohol motifs (C(OH)–C–C–N with tert-alkyl or cyclic N) is 1. The Balaban J connectivity index is 1.55. The van der Waals surface area contributed by atoms with Crippen molar-refractivity contribution in [3.63, 3.8) is 0 Å². The number of aromatic nitrogens is 2. The van der Waals surface area contributed by atoms with Gasteiger partial charge in [0.15, 0.2) is 0 Å². The molecule has 0 aliphatic carbocycles. The number of rotatable bonds is 4. The van der Waals surface area contributed by atoms with E-state index in [-0.39, 0.29) is 0 Å². The highest BCUT2D eigenvalue weighted by atomic mass is 16.5. The maximum atomic E-state index is 10.7. The largest absolute Gasteiger partial charge is 0.388 e. The highest BCUT2D eigenvalue weighted by Gasteiger charge is 2.33. The Morgan fingerprint density at radius 1 is 1.30 bits per heavy atom. The summed E-state index contributed by atoms with van der Waals surface area (Å²) < 4.78 is 5.36. The van der Waals surface area contributed by atoms with Gasteiger partial charge in [0.25, 0.3) is 0 Å². The van der Waals surface area contributed by atoms with Gasteiger partial charge in [0.1, 0.15) is 0 Å². The van der Waals surface area contributed by atoms with Crippen molar-refractivity contribution >= 4 is 5.95 Å². The van der Waals surface area contributed by atoms with E-state index in [2.05, 4.69) is 14.9 Å². The van der Waals surface area contributed by atoms with E-state index in [4.69, 9.17) is 4.74 Å². The van der Waals surface area contributed by atoms with E-state index in [1.54, 1.807) is 0 Å². The maximum absolute atomic E-state index is 10.7. The average molecular weight is 320 g/mol. The normalized spacial score (nSPS) is 22.9. The van der Waals surface area contributed by atoms with Crippen molar-refractivity contribution in [3.05, 3.63) is 18.0 Å². The Bertz CT molecular complexity index is 509. The maximum Gasteiger partial charge on any atom is 0.224 e. The van der Waals surface area contributed by atoms with E-state index < -0.39 is 5.60 Å². The lowest BCUT2D eigenvalue weighted by atomic mass is 9.90. The molecule has 2 aliphatic heterocycles. The smallest absolute Gasteiger partial charge is 0.224 e. The van der Waals surface area contributed by atoms with Crippen LogP contribution >= 0.6 is 0 Å². The van der Waals surface area contributed by atoms with Crippen LogP contribution in [0.3, 0.4) is 0 Å². The monoisotopic (exact) mass is 320 g/mol. The highest BCUT2D eigenvalue weighted by molar-refractivity contribution is 5.28. The minimum atomic E-state index is -0.557. The van der Waals surface area contributed by atoms with E-state index in [9.17, 15) is 5.11 Å². The first-order valence-electron chi connectivity index (χ1n) is 8.58. The van der Waals surface area contributed by atoms with Crippen LogP contribution in [0.5, 0.6) is 0 Å². The standard InChI is InChI=1S/C17H28N4O2/c1-20(2)16-18-8-3-15(19-16)14-4-9-21(10-5-14)13-17(22)6-11-23-12-7-17/h3,8,14,22H,4-7,9-13H2,1-2H3. The van der Waals surface area contributed by atoms with E-state index in [0.717, 1.165) is 57.0 Å². The molecule has 0 amide bonds. The molecule has 128 valence electrons. The van der Waals surface area contributed by atoms with Gasteiger partial charge in [-0.3, -0.25) is 0 Å². The lowest BCUT2D eigenvalue weighted by Crippen LogP contribution is -2.48. The van der Waals surface area contributed by atoms with Gasteiger partial charge in [-0.05, 0) is 32.0 Å². The molecule has 2 fully saturated rings. The molecule has 2 aliphatic rings. The first-order valence-corrected chi connectivity index (χ1v) is 8.58. The molecule has 0 saturated carbocycles. The summed E-state index contributed by atoms with van der Waals surface area (Å²) >= 11 is 0. The number of anilines is 1. The van der Waals surface area contributed by atoms with Crippen LogP contribution in [0.1, 0.15) is 37.3 Å². The number of aliphatic hydroxyl groups is 1. The molecule has 0 atom stereocenters. The summed E-state index contributed by atoms with van der Waals surface area (Å²) in [6, 6.07) is 2.04. The van der Waals surface area contributed by atoms with Gasteiger partial charge in [0.05, 0.1) is 5.60 Å². The molecule has 23 heavy (non-hydrogen) atoms. The van der Waals surface area contributed by atoms with Gasteiger partial charge in [-0.2, -0.15) is 0 Å². The summed E-state index contributed by atoms with van der Waals surface area (Å²) in [7, 11) is 3.94. The van der Waals surface area contributed by atoms with Crippen molar-refractivity contribution < 1.29 is 9.84 Å². The average Bonchev–Trinajstić information content (AvgIpc) is 2.56. The molecule has 1 aromatic rings. The molecule has 1 N–H and O–H groups in total. The minimum Gasteiger partial charge on any atom is -0.388 e. The first-order chi connectivity index (χ1) is 11.1. The second-order valence-corrected chi connectivity index (χ2v) is 7.06. The molecule has 6 nitrogen and oxygen atoms in total. The third-order valence-electron chi connectivity index (χ3n) is 5.01. The van der Waals surface area contributed by atoms with E-state index in [1.807, 2.05) is 31.3 Å². The predicted octanol–water partition coefficient (Wildman–Crippen LogP) is 1.26. The fourth-order valence-electron chi connectivity index (χ4n) is 3.52. The molecular formula is C17H28N4O2. The molecule has 0 radical (unpaired) electrons. The van der Waals surface area contributed by atoms with Gasteiger partial charge < -0.3 is 19.6 Å². The summed E-state index contributed by atoms with van der Waals surface area (Å²) in [5.74, 6) is 1.28. The summed E-state index contributed by atoms with van der Waals surface area (Å²) in [6.45, 7) is 4.18. The summed E-state index contributed by atoms with van der Waals surface area (Å²) in [4.78, 5) is 13.3. The summed E-state index contributed by atoms with van der Waals surface area (Å²) in [6.07, 6.45) is 5.55. The zero-order chi connectivity index (χ0) is 16.3. The molecule has 1 aromatic heterocycles. The van der Waals surface area contributed by atoms with Gasteiger partial charge in [0.2, 0.25) is 5.95 Å². The minimum absolute atomic E-state index is 0.497. The van der Waals surface area contributed by atoms with Gasteiger partial charge in [0, 0.05) is 64.5 Å². The number of hydrogen-bond donors (Lipinski definition) is 1. The molecule has 0 spiro atoms. The lowest BCUT2D eigenvalue weighted by Gasteiger charge is -2.39.